The van der Waals surface area contributed by atoms with E-state index in [4.69, 9.17) is 9.41 Å². The van der Waals surface area contributed by atoms with E-state index in [9.17, 15) is 0 Å². The summed E-state index contributed by atoms with van der Waals surface area (Å²) in [6.45, 7) is 0. The first-order chi connectivity index (χ1) is 27.3. The van der Waals surface area contributed by atoms with E-state index in [1.807, 2.05) is 6.07 Å². The Morgan fingerprint density at radius 3 is 2.00 bits per heavy atom. The van der Waals surface area contributed by atoms with Crippen LogP contribution in [0.25, 0.3) is 76.5 Å². The van der Waals surface area contributed by atoms with Crippen LogP contribution in [-0.4, -0.2) is 5.84 Å². The molecular weight excluding hydrogens is 671 g/mol. The molecule has 4 heteroatoms. The smallest absolute Gasteiger partial charge is 0.143 e. The van der Waals surface area contributed by atoms with Crippen molar-refractivity contribution in [2.75, 3.05) is 0 Å². The fourth-order valence-corrected chi connectivity index (χ4v) is 8.58. The third-order valence-electron chi connectivity index (χ3n) is 11.2. The van der Waals surface area contributed by atoms with E-state index in [1.165, 1.54) is 32.3 Å². The standard InChI is InChI=1S/C51H35N3O/c1-2-15-33(16-3-1)49-52-50(54-51(53-49)45-31-35-18-6-7-19-37(35)39-20-8-9-21-40(39)45)43-23-11-10-22-41(43)42-25-13-27-46-47(42)44-26-12-24-38(48(44)55-46)36-29-28-32-14-4-5-17-34(32)30-36/h1-31,50-51,54H,(H,52,53). The average Bonchev–Trinajstić information content (AvgIpc) is 3.65. The molecule has 1 aliphatic heterocycles. The lowest BCUT2D eigenvalue weighted by Crippen LogP contribution is -2.45. The van der Waals surface area contributed by atoms with Gasteiger partial charge in [0.25, 0.3) is 0 Å². The number of amidine groups is 1. The zero-order chi connectivity index (χ0) is 36.3. The third kappa shape index (κ3) is 5.30. The number of rotatable bonds is 5. The molecule has 0 amide bonds. The Balaban J connectivity index is 1.07. The van der Waals surface area contributed by atoms with Crippen molar-refractivity contribution in [1.82, 2.24) is 10.6 Å². The molecule has 1 aromatic heterocycles. The van der Waals surface area contributed by atoms with Gasteiger partial charge in [0.15, 0.2) is 0 Å². The fourth-order valence-electron chi connectivity index (χ4n) is 8.58. The SMILES string of the molecule is c1ccc(C2=NC(c3cc4ccccc4c4ccccc34)NC(c3ccccc3-c3cccc4oc5c(-c6ccc7ccccc7c6)cccc5c34)N2)cc1. The van der Waals surface area contributed by atoms with Gasteiger partial charge in [-0.1, -0.05) is 170 Å². The lowest BCUT2D eigenvalue weighted by Gasteiger charge is -2.34. The number of aliphatic imine (C=N–C) groups is 1. The van der Waals surface area contributed by atoms with E-state index in [1.54, 1.807) is 0 Å². The van der Waals surface area contributed by atoms with Crippen molar-refractivity contribution in [2.45, 2.75) is 12.3 Å². The molecule has 0 radical (unpaired) electrons. The normalized spacial score (nSPS) is 15.8. The molecule has 2 heterocycles. The molecule has 0 spiro atoms. The summed E-state index contributed by atoms with van der Waals surface area (Å²) in [5.41, 5.74) is 9.58. The lowest BCUT2D eigenvalue weighted by molar-refractivity contribution is 0.411. The molecule has 2 N–H and O–H groups in total. The Hall–Kier alpha value is -7.01. The van der Waals surface area contributed by atoms with Gasteiger partial charge < -0.3 is 9.73 Å². The summed E-state index contributed by atoms with van der Waals surface area (Å²) in [5, 5.41) is 17.3. The first-order valence-corrected chi connectivity index (χ1v) is 18.9. The second-order valence-corrected chi connectivity index (χ2v) is 14.3. The summed E-state index contributed by atoms with van der Waals surface area (Å²) in [6.07, 6.45) is -0.556. The van der Waals surface area contributed by atoms with Crippen molar-refractivity contribution in [2.24, 2.45) is 4.99 Å². The highest BCUT2D eigenvalue weighted by molar-refractivity contribution is 6.16. The average molecular weight is 706 g/mol. The molecule has 9 aromatic carbocycles. The van der Waals surface area contributed by atoms with Crippen LogP contribution in [0.15, 0.2) is 197 Å². The maximum atomic E-state index is 6.77. The Labute approximate surface area is 318 Å². The molecule has 2 atom stereocenters. The minimum Gasteiger partial charge on any atom is -0.455 e. The van der Waals surface area contributed by atoms with Gasteiger partial charge in [-0.15, -0.1) is 0 Å². The van der Waals surface area contributed by atoms with Crippen LogP contribution in [0.1, 0.15) is 29.0 Å². The van der Waals surface area contributed by atoms with E-state index < -0.39 is 0 Å². The number of hydrogen-bond acceptors (Lipinski definition) is 4. The molecule has 260 valence electrons. The maximum Gasteiger partial charge on any atom is 0.143 e. The van der Waals surface area contributed by atoms with Crippen LogP contribution in [0.2, 0.25) is 0 Å². The van der Waals surface area contributed by atoms with E-state index in [0.717, 1.165) is 66.7 Å². The summed E-state index contributed by atoms with van der Waals surface area (Å²) < 4.78 is 6.77. The summed E-state index contributed by atoms with van der Waals surface area (Å²) in [4.78, 5) is 5.38. The van der Waals surface area contributed by atoms with E-state index in [2.05, 4.69) is 193 Å². The molecule has 0 fully saturated rings. The summed E-state index contributed by atoms with van der Waals surface area (Å²) in [6, 6.07) is 66.8. The fraction of sp³-hybridized carbons (Fsp3) is 0.0392. The van der Waals surface area contributed by atoms with Gasteiger partial charge in [0.05, 0.1) is 0 Å². The molecule has 2 unspecified atom stereocenters. The minimum atomic E-state index is -0.306. The third-order valence-corrected chi connectivity index (χ3v) is 11.2. The van der Waals surface area contributed by atoms with Crippen molar-refractivity contribution in [3.8, 4) is 22.3 Å². The highest BCUT2D eigenvalue weighted by Crippen LogP contribution is 2.43. The van der Waals surface area contributed by atoms with Gasteiger partial charge >= 0.3 is 0 Å². The van der Waals surface area contributed by atoms with E-state index in [-0.39, 0.29) is 12.3 Å². The summed E-state index contributed by atoms with van der Waals surface area (Å²) in [7, 11) is 0. The van der Waals surface area contributed by atoms with Crippen molar-refractivity contribution in [1.29, 1.82) is 0 Å². The van der Waals surface area contributed by atoms with Crippen molar-refractivity contribution in [3.63, 3.8) is 0 Å². The highest BCUT2D eigenvalue weighted by Gasteiger charge is 2.29. The number of hydrogen-bond donors (Lipinski definition) is 2. The molecule has 0 saturated carbocycles. The molecule has 0 bridgehead atoms. The van der Waals surface area contributed by atoms with E-state index >= 15 is 0 Å². The Morgan fingerprint density at radius 2 is 1.11 bits per heavy atom. The van der Waals surface area contributed by atoms with Crippen LogP contribution in [0, 0.1) is 0 Å². The van der Waals surface area contributed by atoms with Gasteiger partial charge in [0, 0.05) is 21.9 Å². The van der Waals surface area contributed by atoms with Crippen molar-refractivity contribution in [3.05, 3.63) is 205 Å². The molecule has 11 rings (SSSR count). The van der Waals surface area contributed by atoms with Crippen molar-refractivity contribution >= 4 is 60.1 Å². The van der Waals surface area contributed by atoms with Gasteiger partial charge in [-0.05, 0) is 78.3 Å². The molecule has 10 aromatic rings. The minimum absolute atomic E-state index is 0.249. The molecule has 55 heavy (non-hydrogen) atoms. The number of para-hydroxylation sites is 1. The Bertz CT molecular complexity index is 3120. The Kier molecular flexibility index (Phi) is 7.35. The summed E-state index contributed by atoms with van der Waals surface area (Å²) >= 11 is 0. The number of nitrogens with one attached hydrogen (secondary N) is 2. The molecular formula is C51H35N3O. The van der Waals surface area contributed by atoms with Gasteiger partial charge in [0.2, 0.25) is 0 Å². The second kappa shape index (κ2) is 12.8. The molecule has 4 nitrogen and oxygen atoms in total. The van der Waals surface area contributed by atoms with Gasteiger partial charge in [-0.2, -0.15) is 0 Å². The van der Waals surface area contributed by atoms with Crippen LogP contribution in [0.3, 0.4) is 0 Å². The zero-order valence-electron chi connectivity index (χ0n) is 29.9. The number of benzene rings is 9. The number of fused-ring (bicyclic) bond motifs is 7. The van der Waals surface area contributed by atoms with Gasteiger partial charge in [-0.3, -0.25) is 5.32 Å². The maximum absolute atomic E-state index is 6.77. The van der Waals surface area contributed by atoms with Crippen LogP contribution in [0.4, 0.5) is 0 Å². The summed E-state index contributed by atoms with van der Waals surface area (Å²) in [5.74, 6) is 0.855. The monoisotopic (exact) mass is 705 g/mol. The predicted molar refractivity (Wildman–Crippen MR) is 228 cm³/mol. The van der Waals surface area contributed by atoms with Crippen LogP contribution < -0.4 is 10.6 Å². The largest absolute Gasteiger partial charge is 0.455 e. The number of nitrogens with zero attached hydrogens (tertiary/aromatic N) is 1. The second-order valence-electron chi connectivity index (χ2n) is 14.3. The van der Waals surface area contributed by atoms with Gasteiger partial charge in [-0.25, -0.2) is 4.99 Å². The topological polar surface area (TPSA) is 49.6 Å². The molecule has 0 aliphatic carbocycles. The highest BCUT2D eigenvalue weighted by atomic mass is 16.3. The first kappa shape index (κ1) is 31.5. The van der Waals surface area contributed by atoms with Gasteiger partial charge in [0.1, 0.15) is 29.3 Å². The molecule has 0 saturated heterocycles. The number of furan rings is 1. The quantitative estimate of drug-likeness (QED) is 0.175. The van der Waals surface area contributed by atoms with Crippen LogP contribution in [-0.2, 0) is 0 Å². The molecule has 1 aliphatic rings. The Morgan fingerprint density at radius 1 is 0.436 bits per heavy atom. The zero-order valence-corrected chi connectivity index (χ0v) is 29.9. The predicted octanol–water partition coefficient (Wildman–Crippen LogP) is 12.7. The lowest BCUT2D eigenvalue weighted by atomic mass is 9.92. The van der Waals surface area contributed by atoms with Crippen molar-refractivity contribution < 1.29 is 4.42 Å². The van der Waals surface area contributed by atoms with Crippen LogP contribution in [0.5, 0.6) is 0 Å². The van der Waals surface area contributed by atoms with Crippen LogP contribution >= 0.6 is 0 Å². The van der Waals surface area contributed by atoms with E-state index in [0.29, 0.717) is 0 Å². The first-order valence-electron chi connectivity index (χ1n) is 18.9.